The average molecular weight is 236 g/mol. The molecular weight excluding hydrogens is 216 g/mol. The van der Waals surface area contributed by atoms with Crippen LogP contribution in [0.1, 0.15) is 33.6 Å². The highest BCUT2D eigenvalue weighted by Gasteiger charge is 2.17. The molecule has 0 aromatic carbocycles. The Morgan fingerprint density at radius 1 is 1.47 bits per heavy atom. The van der Waals surface area contributed by atoms with Crippen LogP contribution in [0.5, 0.6) is 5.75 Å². The summed E-state index contributed by atoms with van der Waals surface area (Å²) in [6, 6.07) is 3.79. The number of hydrogen-bond donors (Lipinski definition) is 1. The van der Waals surface area contributed by atoms with Crippen molar-refractivity contribution in [2.24, 2.45) is 0 Å². The minimum absolute atomic E-state index is 0.0810. The van der Waals surface area contributed by atoms with Crippen molar-refractivity contribution in [1.82, 2.24) is 10.3 Å². The number of pyridine rings is 1. The summed E-state index contributed by atoms with van der Waals surface area (Å²) in [7, 11) is 0. The van der Waals surface area contributed by atoms with E-state index in [1.807, 2.05) is 0 Å². The molecule has 0 aliphatic heterocycles. The molecule has 0 bridgehead atoms. The van der Waals surface area contributed by atoms with Gasteiger partial charge in [0.2, 0.25) is 0 Å². The molecule has 4 nitrogen and oxygen atoms in total. The number of ether oxygens (including phenoxy) is 1. The van der Waals surface area contributed by atoms with E-state index in [2.05, 4.69) is 24.1 Å². The Labute approximate surface area is 102 Å². The van der Waals surface area contributed by atoms with E-state index >= 15 is 0 Å². The highest BCUT2D eigenvalue weighted by Crippen LogP contribution is 2.09. The van der Waals surface area contributed by atoms with Crippen LogP contribution in [0.4, 0.5) is 0 Å². The highest BCUT2D eigenvalue weighted by atomic mass is 16.5. The lowest BCUT2D eigenvalue weighted by Gasteiger charge is -2.19. The number of hydrogen-bond acceptors (Lipinski definition) is 3. The molecule has 17 heavy (non-hydrogen) atoms. The molecule has 0 saturated heterocycles. The van der Waals surface area contributed by atoms with E-state index in [-0.39, 0.29) is 11.9 Å². The Kier molecular flexibility index (Phi) is 5.46. The summed E-state index contributed by atoms with van der Waals surface area (Å²) >= 11 is 0. The maximum atomic E-state index is 11.8. The quantitative estimate of drug-likeness (QED) is 0.823. The van der Waals surface area contributed by atoms with Crippen LogP contribution in [0.15, 0.2) is 24.5 Å². The van der Waals surface area contributed by atoms with Crippen LogP contribution in [0.3, 0.4) is 0 Å². The van der Waals surface area contributed by atoms with Gasteiger partial charge in [0.25, 0.3) is 5.91 Å². The first kappa shape index (κ1) is 13.5. The van der Waals surface area contributed by atoms with Gasteiger partial charge in [-0.1, -0.05) is 13.8 Å². The topological polar surface area (TPSA) is 51.2 Å². The van der Waals surface area contributed by atoms with Gasteiger partial charge in [0.05, 0.1) is 6.20 Å². The minimum atomic E-state index is -0.500. The molecule has 0 radical (unpaired) electrons. The Morgan fingerprint density at radius 3 is 2.71 bits per heavy atom. The molecule has 0 fully saturated rings. The summed E-state index contributed by atoms with van der Waals surface area (Å²) in [6.45, 7) is 5.85. The molecule has 0 aliphatic rings. The molecule has 94 valence electrons. The number of amides is 1. The molecule has 4 heteroatoms. The van der Waals surface area contributed by atoms with Crippen LogP contribution in [0, 0.1) is 0 Å². The van der Waals surface area contributed by atoms with Crippen molar-refractivity contribution in [2.75, 3.05) is 0 Å². The SMILES string of the molecule is CCC(CC)NC(=O)C(C)Oc1cccnc1. The zero-order valence-corrected chi connectivity index (χ0v) is 10.6. The first-order chi connectivity index (χ1) is 8.17. The Balaban J connectivity index is 2.47. The second kappa shape index (κ2) is 6.89. The van der Waals surface area contributed by atoms with Crippen molar-refractivity contribution < 1.29 is 9.53 Å². The minimum Gasteiger partial charge on any atom is -0.479 e. The first-order valence-corrected chi connectivity index (χ1v) is 6.04. The normalized spacial score (nSPS) is 12.2. The Hall–Kier alpha value is -1.58. The van der Waals surface area contributed by atoms with Gasteiger partial charge in [0.1, 0.15) is 5.75 Å². The molecule has 1 amide bonds. The summed E-state index contributed by atoms with van der Waals surface area (Å²) in [4.78, 5) is 15.8. The average Bonchev–Trinajstić information content (AvgIpc) is 2.36. The highest BCUT2D eigenvalue weighted by molar-refractivity contribution is 5.80. The van der Waals surface area contributed by atoms with Gasteiger partial charge < -0.3 is 10.1 Å². The fraction of sp³-hybridized carbons (Fsp3) is 0.538. The fourth-order valence-corrected chi connectivity index (χ4v) is 1.49. The molecule has 1 heterocycles. The molecular formula is C13H20N2O2. The van der Waals surface area contributed by atoms with Crippen LogP contribution in [-0.4, -0.2) is 23.0 Å². The van der Waals surface area contributed by atoms with E-state index in [1.165, 1.54) is 0 Å². The summed E-state index contributed by atoms with van der Waals surface area (Å²) in [6.07, 6.45) is 4.63. The second-order valence-electron chi connectivity index (χ2n) is 3.97. The van der Waals surface area contributed by atoms with Crippen molar-refractivity contribution in [3.05, 3.63) is 24.5 Å². The van der Waals surface area contributed by atoms with E-state index < -0.39 is 6.10 Å². The van der Waals surface area contributed by atoms with E-state index in [0.717, 1.165) is 12.8 Å². The number of nitrogens with one attached hydrogen (secondary N) is 1. The van der Waals surface area contributed by atoms with Gasteiger partial charge >= 0.3 is 0 Å². The Morgan fingerprint density at radius 2 is 2.18 bits per heavy atom. The predicted molar refractivity (Wildman–Crippen MR) is 66.8 cm³/mol. The van der Waals surface area contributed by atoms with Gasteiger partial charge in [0.15, 0.2) is 6.10 Å². The second-order valence-corrected chi connectivity index (χ2v) is 3.97. The van der Waals surface area contributed by atoms with E-state index in [0.29, 0.717) is 5.75 Å². The maximum Gasteiger partial charge on any atom is 0.260 e. The molecule has 1 rings (SSSR count). The molecule has 1 aromatic heterocycles. The molecule has 1 aromatic rings. The van der Waals surface area contributed by atoms with Crippen LogP contribution in [0.2, 0.25) is 0 Å². The third-order valence-corrected chi connectivity index (χ3v) is 2.65. The third kappa shape index (κ3) is 4.43. The molecule has 1 atom stereocenters. The molecule has 0 saturated carbocycles. The van der Waals surface area contributed by atoms with Gasteiger partial charge in [-0.15, -0.1) is 0 Å². The van der Waals surface area contributed by atoms with E-state index in [1.54, 1.807) is 31.5 Å². The number of aromatic nitrogens is 1. The summed E-state index contributed by atoms with van der Waals surface area (Å²) in [5, 5.41) is 2.95. The standard InChI is InChI=1S/C13H20N2O2/c1-4-11(5-2)15-13(16)10(3)17-12-7-6-8-14-9-12/h6-11H,4-5H2,1-3H3,(H,15,16). The zero-order valence-electron chi connectivity index (χ0n) is 10.6. The van der Waals surface area contributed by atoms with Gasteiger partial charge in [-0.2, -0.15) is 0 Å². The van der Waals surface area contributed by atoms with Gasteiger partial charge in [-0.25, -0.2) is 0 Å². The van der Waals surface area contributed by atoms with E-state index in [9.17, 15) is 4.79 Å². The van der Waals surface area contributed by atoms with Gasteiger partial charge in [-0.05, 0) is 31.9 Å². The lowest BCUT2D eigenvalue weighted by atomic mass is 10.1. The van der Waals surface area contributed by atoms with Crippen LogP contribution >= 0.6 is 0 Å². The molecule has 0 aliphatic carbocycles. The third-order valence-electron chi connectivity index (χ3n) is 2.65. The van der Waals surface area contributed by atoms with Crippen LogP contribution in [0.25, 0.3) is 0 Å². The number of carbonyl (C=O) groups excluding carboxylic acids is 1. The summed E-state index contributed by atoms with van der Waals surface area (Å²) < 4.78 is 5.49. The largest absolute Gasteiger partial charge is 0.479 e. The maximum absolute atomic E-state index is 11.8. The van der Waals surface area contributed by atoms with Crippen molar-refractivity contribution in [2.45, 2.75) is 45.8 Å². The number of rotatable bonds is 6. The van der Waals surface area contributed by atoms with Crippen LogP contribution in [-0.2, 0) is 4.79 Å². The van der Waals surface area contributed by atoms with Crippen molar-refractivity contribution in [3.8, 4) is 5.75 Å². The zero-order chi connectivity index (χ0) is 12.7. The summed E-state index contributed by atoms with van der Waals surface area (Å²) in [5.41, 5.74) is 0. The first-order valence-electron chi connectivity index (χ1n) is 6.04. The van der Waals surface area contributed by atoms with Gasteiger partial charge in [-0.3, -0.25) is 9.78 Å². The van der Waals surface area contributed by atoms with E-state index in [4.69, 9.17) is 4.74 Å². The molecule has 1 N–H and O–H groups in total. The monoisotopic (exact) mass is 236 g/mol. The lowest BCUT2D eigenvalue weighted by molar-refractivity contribution is -0.128. The lowest BCUT2D eigenvalue weighted by Crippen LogP contribution is -2.42. The molecule has 1 unspecified atom stereocenters. The predicted octanol–water partition coefficient (Wildman–Crippen LogP) is 2.15. The van der Waals surface area contributed by atoms with Crippen molar-refractivity contribution in [3.63, 3.8) is 0 Å². The summed E-state index contributed by atoms with van der Waals surface area (Å²) in [5.74, 6) is 0.530. The van der Waals surface area contributed by atoms with Crippen LogP contribution < -0.4 is 10.1 Å². The number of nitrogens with zero attached hydrogens (tertiary/aromatic N) is 1. The van der Waals surface area contributed by atoms with Gasteiger partial charge in [0, 0.05) is 12.2 Å². The number of carbonyl (C=O) groups is 1. The Bertz CT molecular complexity index is 337. The van der Waals surface area contributed by atoms with Crippen molar-refractivity contribution >= 4 is 5.91 Å². The fourth-order valence-electron chi connectivity index (χ4n) is 1.49. The molecule has 0 spiro atoms. The van der Waals surface area contributed by atoms with Crippen molar-refractivity contribution in [1.29, 1.82) is 0 Å². The smallest absolute Gasteiger partial charge is 0.260 e.